The number of anilines is 1. The number of hydrogen-bond acceptors (Lipinski definition) is 7. The highest BCUT2D eigenvalue weighted by Crippen LogP contribution is 2.21. The van der Waals surface area contributed by atoms with Crippen LogP contribution >= 0.6 is 0 Å². The minimum absolute atomic E-state index is 0.117. The minimum Gasteiger partial charge on any atom is -0.379 e. The van der Waals surface area contributed by atoms with Crippen LogP contribution in [0.25, 0.3) is 0 Å². The molecule has 0 saturated heterocycles. The molecule has 142 valence electrons. The molecule has 1 N–H and O–H groups in total. The van der Waals surface area contributed by atoms with Gasteiger partial charge >= 0.3 is 10.1 Å². The Morgan fingerprint density at radius 1 is 0.929 bits per heavy atom. The summed E-state index contributed by atoms with van der Waals surface area (Å²) in [5, 5.41) is 14.7. The molecule has 0 fully saturated rings. The normalized spacial score (nSPS) is 11.3. The summed E-state index contributed by atoms with van der Waals surface area (Å²) in [6.07, 6.45) is 1.58. The summed E-state index contributed by atoms with van der Waals surface area (Å²) in [5.74, 6) is 0.117. The van der Waals surface area contributed by atoms with Gasteiger partial charge in [-0.05, 0) is 54.1 Å². The predicted octanol–water partition coefficient (Wildman–Crippen LogP) is 3.81. The maximum Gasteiger partial charge on any atom is 0.339 e. The van der Waals surface area contributed by atoms with E-state index >= 15 is 0 Å². The molecule has 8 nitrogen and oxygen atoms in total. The second kappa shape index (κ2) is 8.31. The molecule has 28 heavy (non-hydrogen) atoms. The Balaban J connectivity index is 1.65. The van der Waals surface area contributed by atoms with Crippen molar-refractivity contribution in [2.45, 2.75) is 4.90 Å². The lowest BCUT2D eigenvalue weighted by atomic mass is 10.2. The fourth-order valence-corrected chi connectivity index (χ4v) is 3.14. The summed E-state index contributed by atoms with van der Waals surface area (Å²) in [4.78, 5) is 9.87. The average molecular weight is 397 g/mol. The molecule has 0 aliphatic rings. The molecule has 3 aromatic carbocycles. The molecule has 0 atom stereocenters. The van der Waals surface area contributed by atoms with Gasteiger partial charge in [-0.15, -0.1) is 0 Å². The number of nitro benzene ring substituents is 1. The molecular formula is C19H15N3O5S. The standard InChI is InChI=1S/C19H15N3O5S/c23-22(24)17-8-12-19(13-9-17)28(25,26)27-18-10-6-15(7-11-18)14-20-21-16-4-2-1-3-5-16/h1-14,21H. The smallest absolute Gasteiger partial charge is 0.339 e. The van der Waals surface area contributed by atoms with E-state index in [1.807, 2.05) is 30.3 Å². The summed E-state index contributed by atoms with van der Waals surface area (Å²) in [7, 11) is -4.09. The first-order valence-corrected chi connectivity index (χ1v) is 9.48. The summed E-state index contributed by atoms with van der Waals surface area (Å²) in [6, 6.07) is 20.2. The van der Waals surface area contributed by atoms with Crippen molar-refractivity contribution in [3.63, 3.8) is 0 Å². The van der Waals surface area contributed by atoms with Crippen LogP contribution in [0.4, 0.5) is 11.4 Å². The maximum atomic E-state index is 12.3. The van der Waals surface area contributed by atoms with Crippen LogP contribution < -0.4 is 9.61 Å². The molecule has 0 aliphatic carbocycles. The topological polar surface area (TPSA) is 111 Å². The van der Waals surface area contributed by atoms with Crippen LogP contribution in [0.3, 0.4) is 0 Å². The van der Waals surface area contributed by atoms with Crippen LogP contribution in [0.5, 0.6) is 5.75 Å². The molecule has 0 spiro atoms. The van der Waals surface area contributed by atoms with E-state index in [0.29, 0.717) is 0 Å². The van der Waals surface area contributed by atoms with Crippen molar-refractivity contribution >= 4 is 27.7 Å². The Labute approximate surface area is 161 Å². The number of hydrazone groups is 1. The van der Waals surface area contributed by atoms with Gasteiger partial charge in [0.1, 0.15) is 10.6 Å². The van der Waals surface area contributed by atoms with Gasteiger partial charge in [0.25, 0.3) is 5.69 Å². The van der Waals surface area contributed by atoms with Gasteiger partial charge < -0.3 is 4.18 Å². The van der Waals surface area contributed by atoms with E-state index in [9.17, 15) is 18.5 Å². The zero-order valence-electron chi connectivity index (χ0n) is 14.4. The zero-order valence-corrected chi connectivity index (χ0v) is 15.2. The Morgan fingerprint density at radius 2 is 1.57 bits per heavy atom. The predicted molar refractivity (Wildman–Crippen MR) is 105 cm³/mol. The van der Waals surface area contributed by atoms with Gasteiger partial charge in [0.2, 0.25) is 0 Å². The van der Waals surface area contributed by atoms with Gasteiger partial charge in [0.05, 0.1) is 16.8 Å². The van der Waals surface area contributed by atoms with E-state index < -0.39 is 15.0 Å². The van der Waals surface area contributed by atoms with E-state index in [0.717, 1.165) is 35.5 Å². The Kier molecular flexibility index (Phi) is 5.66. The fraction of sp³-hybridized carbons (Fsp3) is 0. The van der Waals surface area contributed by atoms with Gasteiger partial charge in [0.15, 0.2) is 0 Å². The van der Waals surface area contributed by atoms with Crippen molar-refractivity contribution in [3.8, 4) is 5.75 Å². The Hall–Kier alpha value is -3.72. The third kappa shape index (κ3) is 4.92. The van der Waals surface area contributed by atoms with Crippen LogP contribution in [-0.2, 0) is 10.1 Å². The lowest BCUT2D eigenvalue weighted by Crippen LogP contribution is -2.09. The highest BCUT2D eigenvalue weighted by atomic mass is 32.2. The third-order valence-electron chi connectivity index (χ3n) is 3.60. The quantitative estimate of drug-likeness (QED) is 0.281. The van der Waals surface area contributed by atoms with Crippen molar-refractivity contribution in [2.24, 2.45) is 5.10 Å². The highest BCUT2D eigenvalue weighted by molar-refractivity contribution is 7.87. The van der Waals surface area contributed by atoms with E-state index in [-0.39, 0.29) is 16.3 Å². The lowest BCUT2D eigenvalue weighted by Gasteiger charge is -2.07. The van der Waals surface area contributed by atoms with E-state index in [1.165, 1.54) is 12.1 Å². The summed E-state index contributed by atoms with van der Waals surface area (Å²) in [5.41, 5.74) is 4.25. The van der Waals surface area contributed by atoms with E-state index in [4.69, 9.17) is 4.18 Å². The van der Waals surface area contributed by atoms with Crippen molar-refractivity contribution in [1.29, 1.82) is 0 Å². The van der Waals surface area contributed by atoms with Gasteiger partial charge in [-0.3, -0.25) is 15.5 Å². The molecule has 0 unspecified atom stereocenters. The number of benzene rings is 3. The Bertz CT molecular complexity index is 1080. The number of nitrogens with zero attached hydrogens (tertiary/aromatic N) is 2. The summed E-state index contributed by atoms with van der Waals surface area (Å²) >= 11 is 0. The van der Waals surface area contributed by atoms with Crippen molar-refractivity contribution in [3.05, 3.63) is 94.5 Å². The molecule has 0 heterocycles. The van der Waals surface area contributed by atoms with Crippen LogP contribution in [0.1, 0.15) is 5.56 Å². The fourth-order valence-electron chi connectivity index (χ4n) is 2.21. The van der Waals surface area contributed by atoms with Gasteiger partial charge in [0, 0.05) is 12.1 Å². The van der Waals surface area contributed by atoms with Gasteiger partial charge in [-0.1, -0.05) is 18.2 Å². The molecule has 0 bridgehead atoms. The minimum atomic E-state index is -4.09. The van der Waals surface area contributed by atoms with Crippen LogP contribution in [0.2, 0.25) is 0 Å². The molecule has 3 rings (SSSR count). The number of rotatable bonds is 7. The molecule has 0 radical (unpaired) electrons. The largest absolute Gasteiger partial charge is 0.379 e. The van der Waals surface area contributed by atoms with E-state index in [1.54, 1.807) is 18.3 Å². The second-order valence-corrected chi connectivity index (χ2v) is 7.14. The first-order chi connectivity index (χ1) is 13.4. The molecule has 3 aromatic rings. The van der Waals surface area contributed by atoms with E-state index in [2.05, 4.69) is 10.5 Å². The molecule has 0 aliphatic heterocycles. The zero-order chi connectivity index (χ0) is 20.0. The highest BCUT2D eigenvalue weighted by Gasteiger charge is 2.18. The van der Waals surface area contributed by atoms with Crippen molar-refractivity contribution in [1.82, 2.24) is 0 Å². The summed E-state index contributed by atoms with van der Waals surface area (Å²) < 4.78 is 29.6. The lowest BCUT2D eigenvalue weighted by molar-refractivity contribution is -0.384. The summed E-state index contributed by atoms with van der Waals surface area (Å²) in [6.45, 7) is 0. The number of nitro groups is 1. The molecule has 0 aromatic heterocycles. The van der Waals surface area contributed by atoms with Crippen LogP contribution in [0.15, 0.2) is 88.9 Å². The van der Waals surface area contributed by atoms with Crippen molar-refractivity contribution in [2.75, 3.05) is 5.43 Å². The maximum absolute atomic E-state index is 12.3. The average Bonchev–Trinajstić information content (AvgIpc) is 2.70. The monoisotopic (exact) mass is 397 g/mol. The number of hydrogen-bond donors (Lipinski definition) is 1. The molecule has 0 amide bonds. The number of para-hydroxylation sites is 1. The second-order valence-electron chi connectivity index (χ2n) is 5.59. The molecule has 0 saturated carbocycles. The van der Waals surface area contributed by atoms with Gasteiger partial charge in [-0.2, -0.15) is 13.5 Å². The number of nitrogens with one attached hydrogen (secondary N) is 1. The SMILES string of the molecule is O=[N+]([O-])c1ccc(S(=O)(=O)Oc2ccc(C=NNc3ccccc3)cc2)cc1. The first-order valence-electron chi connectivity index (χ1n) is 8.07. The van der Waals surface area contributed by atoms with Crippen LogP contribution in [0, 0.1) is 10.1 Å². The third-order valence-corrected chi connectivity index (χ3v) is 4.86. The van der Waals surface area contributed by atoms with Gasteiger partial charge in [-0.25, -0.2) is 0 Å². The first kappa shape index (κ1) is 19.1. The molecule has 9 heteroatoms. The molecular weight excluding hydrogens is 382 g/mol. The van der Waals surface area contributed by atoms with Crippen molar-refractivity contribution < 1.29 is 17.5 Å². The Morgan fingerprint density at radius 3 is 2.18 bits per heavy atom. The number of non-ortho nitro benzene ring substituents is 1. The van der Waals surface area contributed by atoms with Crippen LogP contribution in [-0.4, -0.2) is 19.6 Å².